The molecule has 1 aromatic rings. The largest absolute Gasteiger partial charge is 0.307 e. The number of rotatable bonds is 4. The summed E-state index contributed by atoms with van der Waals surface area (Å²) in [5.74, 6) is 1.61. The molecule has 1 atom stereocenters. The standard InChI is InChI=1S/C10H19N5/c1-8(9-5-3-4-6-9)11-7-10-12-14-15(2)13-10/h8-9,11H,3-7H2,1-2H3/t8-/m0/s1. The molecule has 2 rings (SSSR count). The highest BCUT2D eigenvalue weighted by molar-refractivity contribution is 4.81. The number of hydrogen-bond acceptors (Lipinski definition) is 4. The molecule has 1 aliphatic carbocycles. The molecule has 0 saturated heterocycles. The SMILES string of the molecule is C[C@H](NCc1nnn(C)n1)C1CCCC1. The molecular formula is C10H19N5. The molecule has 0 amide bonds. The third kappa shape index (κ3) is 2.75. The van der Waals surface area contributed by atoms with E-state index in [1.54, 1.807) is 7.05 Å². The summed E-state index contributed by atoms with van der Waals surface area (Å²) in [4.78, 5) is 1.50. The Morgan fingerprint density at radius 2 is 2.20 bits per heavy atom. The molecule has 0 aliphatic heterocycles. The van der Waals surface area contributed by atoms with Gasteiger partial charge in [0.05, 0.1) is 13.6 Å². The van der Waals surface area contributed by atoms with E-state index in [0.717, 1.165) is 18.3 Å². The average molecular weight is 209 g/mol. The summed E-state index contributed by atoms with van der Waals surface area (Å²) in [6.07, 6.45) is 5.50. The van der Waals surface area contributed by atoms with Gasteiger partial charge in [-0.1, -0.05) is 12.8 Å². The van der Waals surface area contributed by atoms with Crippen molar-refractivity contribution >= 4 is 0 Å². The van der Waals surface area contributed by atoms with Crippen molar-refractivity contribution in [2.75, 3.05) is 0 Å². The summed E-state index contributed by atoms with van der Waals surface area (Å²) in [5.41, 5.74) is 0. The zero-order valence-electron chi connectivity index (χ0n) is 9.48. The molecular weight excluding hydrogens is 190 g/mol. The van der Waals surface area contributed by atoms with E-state index in [9.17, 15) is 0 Å². The van der Waals surface area contributed by atoms with Crippen LogP contribution in [0, 0.1) is 5.92 Å². The van der Waals surface area contributed by atoms with Gasteiger partial charge in [0.25, 0.3) is 0 Å². The van der Waals surface area contributed by atoms with Gasteiger partial charge < -0.3 is 5.32 Å². The topological polar surface area (TPSA) is 55.6 Å². The summed E-state index contributed by atoms with van der Waals surface area (Å²) in [5, 5.41) is 15.4. The first-order chi connectivity index (χ1) is 7.25. The highest BCUT2D eigenvalue weighted by atomic mass is 15.6. The van der Waals surface area contributed by atoms with Gasteiger partial charge in [0.2, 0.25) is 0 Å². The normalized spacial score (nSPS) is 19.6. The van der Waals surface area contributed by atoms with Crippen LogP contribution in [0.15, 0.2) is 0 Å². The van der Waals surface area contributed by atoms with Crippen molar-refractivity contribution in [3.63, 3.8) is 0 Å². The van der Waals surface area contributed by atoms with Crippen LogP contribution in [-0.2, 0) is 13.6 Å². The molecule has 0 spiro atoms. The van der Waals surface area contributed by atoms with E-state index < -0.39 is 0 Å². The first-order valence-corrected chi connectivity index (χ1v) is 5.72. The summed E-state index contributed by atoms with van der Waals surface area (Å²) < 4.78 is 0. The molecule has 5 nitrogen and oxygen atoms in total. The second-order valence-corrected chi connectivity index (χ2v) is 4.41. The summed E-state index contributed by atoms with van der Waals surface area (Å²) in [7, 11) is 1.79. The molecule has 1 aliphatic rings. The average Bonchev–Trinajstić information content (AvgIpc) is 2.84. The van der Waals surface area contributed by atoms with E-state index in [4.69, 9.17) is 0 Å². The van der Waals surface area contributed by atoms with Gasteiger partial charge in [-0.3, -0.25) is 0 Å². The molecule has 84 valence electrons. The van der Waals surface area contributed by atoms with E-state index in [1.807, 2.05) is 0 Å². The van der Waals surface area contributed by atoms with Crippen LogP contribution in [0.2, 0.25) is 0 Å². The molecule has 1 heterocycles. The van der Waals surface area contributed by atoms with Crippen LogP contribution in [0.5, 0.6) is 0 Å². The van der Waals surface area contributed by atoms with E-state index in [2.05, 4.69) is 27.7 Å². The Morgan fingerprint density at radius 3 is 2.80 bits per heavy atom. The van der Waals surface area contributed by atoms with Crippen molar-refractivity contribution in [3.05, 3.63) is 5.82 Å². The van der Waals surface area contributed by atoms with E-state index in [1.165, 1.54) is 30.5 Å². The zero-order valence-corrected chi connectivity index (χ0v) is 9.48. The lowest BCUT2D eigenvalue weighted by Gasteiger charge is -2.19. The summed E-state index contributed by atoms with van der Waals surface area (Å²) in [6.45, 7) is 2.98. The van der Waals surface area contributed by atoms with Crippen LogP contribution in [0.4, 0.5) is 0 Å². The number of aromatic nitrogens is 4. The predicted molar refractivity (Wildman–Crippen MR) is 57.1 cm³/mol. The monoisotopic (exact) mass is 209 g/mol. The van der Waals surface area contributed by atoms with E-state index in [-0.39, 0.29) is 0 Å². The summed E-state index contributed by atoms with van der Waals surface area (Å²) in [6, 6.07) is 0.566. The Morgan fingerprint density at radius 1 is 1.47 bits per heavy atom. The van der Waals surface area contributed by atoms with Crippen LogP contribution in [0.3, 0.4) is 0 Å². The Kier molecular flexibility index (Phi) is 3.30. The molecule has 1 fully saturated rings. The van der Waals surface area contributed by atoms with Gasteiger partial charge in [-0.15, -0.1) is 10.2 Å². The van der Waals surface area contributed by atoms with Crippen molar-refractivity contribution in [2.45, 2.75) is 45.2 Å². The van der Waals surface area contributed by atoms with Crippen molar-refractivity contribution < 1.29 is 0 Å². The molecule has 5 heteroatoms. The lowest BCUT2D eigenvalue weighted by Crippen LogP contribution is -2.32. The molecule has 1 saturated carbocycles. The van der Waals surface area contributed by atoms with Gasteiger partial charge in [-0.05, 0) is 30.9 Å². The predicted octanol–water partition coefficient (Wildman–Crippen LogP) is 0.878. The third-order valence-electron chi connectivity index (χ3n) is 3.24. The molecule has 0 bridgehead atoms. The fourth-order valence-corrected chi connectivity index (χ4v) is 2.27. The molecule has 1 N–H and O–H groups in total. The number of aryl methyl sites for hydroxylation is 1. The van der Waals surface area contributed by atoms with Crippen LogP contribution in [-0.4, -0.2) is 26.2 Å². The van der Waals surface area contributed by atoms with Crippen LogP contribution >= 0.6 is 0 Å². The van der Waals surface area contributed by atoms with Gasteiger partial charge in [-0.25, -0.2) is 0 Å². The van der Waals surface area contributed by atoms with Gasteiger partial charge >= 0.3 is 0 Å². The Labute approximate surface area is 90.2 Å². The summed E-state index contributed by atoms with van der Waals surface area (Å²) >= 11 is 0. The Bertz CT molecular complexity index is 303. The van der Waals surface area contributed by atoms with Crippen molar-refractivity contribution in [2.24, 2.45) is 13.0 Å². The number of tetrazole rings is 1. The minimum Gasteiger partial charge on any atom is -0.307 e. The van der Waals surface area contributed by atoms with E-state index in [0.29, 0.717) is 6.04 Å². The number of nitrogens with zero attached hydrogens (tertiary/aromatic N) is 4. The maximum absolute atomic E-state index is 4.14. The van der Waals surface area contributed by atoms with Gasteiger partial charge in [-0.2, -0.15) is 4.80 Å². The van der Waals surface area contributed by atoms with Crippen LogP contribution in [0.1, 0.15) is 38.4 Å². The fraction of sp³-hybridized carbons (Fsp3) is 0.900. The second-order valence-electron chi connectivity index (χ2n) is 4.41. The van der Waals surface area contributed by atoms with E-state index >= 15 is 0 Å². The van der Waals surface area contributed by atoms with Gasteiger partial charge in [0, 0.05) is 6.04 Å². The second kappa shape index (κ2) is 4.70. The minimum absolute atomic E-state index is 0.566. The number of nitrogens with one attached hydrogen (secondary N) is 1. The van der Waals surface area contributed by atoms with Crippen LogP contribution < -0.4 is 5.32 Å². The van der Waals surface area contributed by atoms with Crippen molar-refractivity contribution in [1.29, 1.82) is 0 Å². The van der Waals surface area contributed by atoms with Gasteiger partial charge in [0.15, 0.2) is 5.82 Å². The quantitative estimate of drug-likeness (QED) is 0.799. The molecule has 0 radical (unpaired) electrons. The Hall–Kier alpha value is -0.970. The molecule has 1 aromatic heterocycles. The highest BCUT2D eigenvalue weighted by Gasteiger charge is 2.21. The Balaban J connectivity index is 1.77. The first-order valence-electron chi connectivity index (χ1n) is 5.72. The first kappa shape index (κ1) is 10.5. The van der Waals surface area contributed by atoms with Crippen molar-refractivity contribution in [1.82, 2.24) is 25.5 Å². The minimum atomic E-state index is 0.566. The smallest absolute Gasteiger partial charge is 0.188 e. The highest BCUT2D eigenvalue weighted by Crippen LogP contribution is 2.27. The lowest BCUT2D eigenvalue weighted by molar-refractivity contribution is 0.377. The maximum Gasteiger partial charge on any atom is 0.188 e. The van der Waals surface area contributed by atoms with Crippen LogP contribution in [0.25, 0.3) is 0 Å². The van der Waals surface area contributed by atoms with Crippen molar-refractivity contribution in [3.8, 4) is 0 Å². The molecule has 0 unspecified atom stereocenters. The zero-order chi connectivity index (χ0) is 10.7. The fourth-order valence-electron chi connectivity index (χ4n) is 2.27. The lowest BCUT2D eigenvalue weighted by atomic mass is 10.00. The maximum atomic E-state index is 4.14. The molecule has 15 heavy (non-hydrogen) atoms. The van der Waals surface area contributed by atoms with Gasteiger partial charge in [0.1, 0.15) is 0 Å². The third-order valence-corrected chi connectivity index (χ3v) is 3.24. The number of hydrogen-bond donors (Lipinski definition) is 1. The molecule has 0 aromatic carbocycles.